The summed E-state index contributed by atoms with van der Waals surface area (Å²) in [5, 5.41) is 8.58. The number of hydrogen-bond acceptors (Lipinski definition) is 2. The smallest absolute Gasteiger partial charge is 0.0638 e. The van der Waals surface area contributed by atoms with Crippen molar-refractivity contribution in [2.24, 2.45) is 5.73 Å². The Kier molecular flexibility index (Phi) is 24.0. The largest absolute Gasteiger partial charge is 0.327 e. The fourth-order valence-electron chi connectivity index (χ4n) is 4.06. The van der Waals surface area contributed by atoms with Crippen LogP contribution in [0, 0.1) is 11.3 Å². The molecule has 1 unspecified atom stereocenters. The van der Waals surface area contributed by atoms with E-state index in [1.165, 1.54) is 135 Å². The number of hydrogen-bond donors (Lipinski definition) is 1. The highest BCUT2D eigenvalue weighted by Gasteiger charge is 2.00. The van der Waals surface area contributed by atoms with Gasteiger partial charge in [0.1, 0.15) is 0 Å². The number of nitrogens with zero attached hydrogens (tertiary/aromatic N) is 1. The summed E-state index contributed by atoms with van der Waals surface area (Å²) in [6.07, 6.45) is 31.4. The number of rotatable bonds is 23. The maximum atomic E-state index is 8.58. The lowest BCUT2D eigenvalue weighted by Crippen LogP contribution is -2.18. The van der Waals surface area contributed by atoms with E-state index in [0.717, 1.165) is 6.42 Å². The molecule has 0 fully saturated rings. The van der Waals surface area contributed by atoms with Crippen molar-refractivity contribution in [2.75, 3.05) is 0 Å². The monoisotopic (exact) mass is 392 g/mol. The maximum absolute atomic E-state index is 8.58. The number of unbranched alkanes of at least 4 members (excludes halogenated alkanes) is 20. The zero-order chi connectivity index (χ0) is 20.5. The highest BCUT2D eigenvalue weighted by Crippen LogP contribution is 2.15. The lowest BCUT2D eigenvalue weighted by molar-refractivity contribution is 0.512. The third-order valence-corrected chi connectivity index (χ3v) is 6.03. The molecule has 28 heavy (non-hydrogen) atoms. The Morgan fingerprint density at radius 3 is 1.11 bits per heavy atom. The summed E-state index contributed by atoms with van der Waals surface area (Å²) < 4.78 is 0. The van der Waals surface area contributed by atoms with Crippen LogP contribution in [0.3, 0.4) is 0 Å². The van der Waals surface area contributed by atoms with E-state index in [4.69, 9.17) is 11.0 Å². The fourth-order valence-corrected chi connectivity index (χ4v) is 4.06. The Labute approximate surface area is 178 Å². The normalized spacial score (nSPS) is 12.2. The van der Waals surface area contributed by atoms with Crippen molar-refractivity contribution >= 4 is 0 Å². The van der Waals surface area contributed by atoms with Crippen LogP contribution in [0.2, 0.25) is 0 Å². The van der Waals surface area contributed by atoms with Gasteiger partial charge in [0.05, 0.1) is 12.5 Å². The summed E-state index contributed by atoms with van der Waals surface area (Å²) in [6.45, 7) is 2.29. The molecule has 0 spiro atoms. The number of nitrogens with two attached hydrogens (primary N) is 1. The average molecular weight is 393 g/mol. The van der Waals surface area contributed by atoms with Crippen LogP contribution < -0.4 is 5.73 Å². The molecule has 2 heteroatoms. The van der Waals surface area contributed by atoms with Gasteiger partial charge in [-0.1, -0.05) is 142 Å². The molecule has 0 aliphatic heterocycles. The lowest BCUT2D eigenvalue weighted by atomic mass is 10.0. The molecule has 2 nitrogen and oxygen atoms in total. The van der Waals surface area contributed by atoms with Gasteiger partial charge in [0.25, 0.3) is 0 Å². The van der Waals surface area contributed by atoms with Crippen molar-refractivity contribution in [3.63, 3.8) is 0 Å². The molecule has 0 aliphatic rings. The van der Waals surface area contributed by atoms with Crippen LogP contribution in [-0.2, 0) is 0 Å². The van der Waals surface area contributed by atoms with Crippen molar-refractivity contribution in [1.82, 2.24) is 0 Å². The summed E-state index contributed by atoms with van der Waals surface area (Å²) in [7, 11) is 0. The summed E-state index contributed by atoms with van der Waals surface area (Å²) in [5.41, 5.74) is 5.85. The second kappa shape index (κ2) is 24.5. The Balaban J connectivity index is 3.02. The lowest BCUT2D eigenvalue weighted by Gasteiger charge is -2.06. The number of nitriles is 1. The predicted octanol–water partition coefficient (Wildman–Crippen LogP) is 8.83. The topological polar surface area (TPSA) is 49.8 Å². The molecule has 0 saturated heterocycles. The summed E-state index contributed by atoms with van der Waals surface area (Å²) in [4.78, 5) is 0. The van der Waals surface area contributed by atoms with Gasteiger partial charge >= 0.3 is 0 Å². The van der Waals surface area contributed by atoms with Crippen LogP contribution in [-0.4, -0.2) is 6.04 Å². The first-order chi connectivity index (χ1) is 13.8. The molecular weight excluding hydrogens is 340 g/mol. The zero-order valence-electron chi connectivity index (χ0n) is 19.4. The van der Waals surface area contributed by atoms with Crippen LogP contribution in [0.1, 0.15) is 155 Å². The minimum Gasteiger partial charge on any atom is -0.327 e. The molecule has 0 amide bonds. The highest BCUT2D eigenvalue weighted by molar-refractivity contribution is 4.77. The van der Waals surface area contributed by atoms with E-state index in [1.807, 2.05) is 0 Å². The van der Waals surface area contributed by atoms with E-state index in [2.05, 4.69) is 13.0 Å². The Morgan fingerprint density at radius 2 is 0.821 bits per heavy atom. The molecule has 0 aromatic carbocycles. The van der Waals surface area contributed by atoms with Gasteiger partial charge in [-0.05, 0) is 6.42 Å². The molecule has 0 aromatic rings. The van der Waals surface area contributed by atoms with E-state index in [-0.39, 0.29) is 6.04 Å². The van der Waals surface area contributed by atoms with Crippen LogP contribution >= 0.6 is 0 Å². The third kappa shape index (κ3) is 23.5. The molecule has 0 aromatic heterocycles. The molecule has 0 heterocycles. The van der Waals surface area contributed by atoms with Gasteiger partial charge in [0, 0.05) is 6.04 Å². The fraction of sp³-hybridized carbons (Fsp3) is 0.962. The quantitative estimate of drug-likeness (QED) is 0.176. The second-order valence-electron chi connectivity index (χ2n) is 8.98. The predicted molar refractivity (Wildman–Crippen MR) is 125 cm³/mol. The van der Waals surface area contributed by atoms with Gasteiger partial charge in [-0.25, -0.2) is 0 Å². The third-order valence-electron chi connectivity index (χ3n) is 6.03. The van der Waals surface area contributed by atoms with E-state index in [0.29, 0.717) is 6.42 Å². The van der Waals surface area contributed by atoms with Gasteiger partial charge in [0.15, 0.2) is 0 Å². The van der Waals surface area contributed by atoms with Crippen LogP contribution in [0.4, 0.5) is 0 Å². The second-order valence-corrected chi connectivity index (χ2v) is 8.98. The SMILES string of the molecule is CCCCCCCCCCCCCCCCCCCCCCCC(N)CC#N. The molecule has 0 radical (unpaired) electrons. The van der Waals surface area contributed by atoms with Crippen molar-refractivity contribution in [3.8, 4) is 6.07 Å². The molecule has 0 aliphatic carbocycles. The minimum atomic E-state index is 0.102. The molecule has 0 rings (SSSR count). The first-order valence-electron chi connectivity index (χ1n) is 12.9. The Hall–Kier alpha value is -0.550. The average Bonchev–Trinajstić information content (AvgIpc) is 2.69. The zero-order valence-corrected chi connectivity index (χ0v) is 19.4. The molecule has 0 bridgehead atoms. The Morgan fingerprint density at radius 1 is 0.536 bits per heavy atom. The highest BCUT2D eigenvalue weighted by atomic mass is 14.6. The van der Waals surface area contributed by atoms with E-state index >= 15 is 0 Å². The van der Waals surface area contributed by atoms with Crippen molar-refractivity contribution in [2.45, 2.75) is 161 Å². The van der Waals surface area contributed by atoms with Crippen molar-refractivity contribution < 1.29 is 0 Å². The Bertz CT molecular complexity index is 321. The van der Waals surface area contributed by atoms with Crippen LogP contribution in [0.25, 0.3) is 0 Å². The van der Waals surface area contributed by atoms with Gasteiger partial charge in [-0.3, -0.25) is 0 Å². The maximum Gasteiger partial charge on any atom is 0.0638 e. The van der Waals surface area contributed by atoms with Gasteiger partial charge < -0.3 is 5.73 Å². The molecule has 1 atom stereocenters. The minimum absolute atomic E-state index is 0.102. The first kappa shape index (κ1) is 27.5. The first-order valence-corrected chi connectivity index (χ1v) is 12.9. The van der Waals surface area contributed by atoms with E-state index in [9.17, 15) is 0 Å². The van der Waals surface area contributed by atoms with E-state index < -0.39 is 0 Å². The van der Waals surface area contributed by atoms with Crippen molar-refractivity contribution in [1.29, 1.82) is 5.26 Å². The molecule has 0 saturated carbocycles. The van der Waals surface area contributed by atoms with Gasteiger partial charge in [-0.15, -0.1) is 0 Å². The molecular formula is C26H52N2. The van der Waals surface area contributed by atoms with Gasteiger partial charge in [-0.2, -0.15) is 5.26 Å². The summed E-state index contributed by atoms with van der Waals surface area (Å²) in [6, 6.07) is 2.26. The van der Waals surface area contributed by atoms with Gasteiger partial charge in [0.2, 0.25) is 0 Å². The van der Waals surface area contributed by atoms with Crippen LogP contribution in [0.5, 0.6) is 0 Å². The molecule has 2 N–H and O–H groups in total. The van der Waals surface area contributed by atoms with Crippen LogP contribution in [0.15, 0.2) is 0 Å². The summed E-state index contributed by atoms with van der Waals surface area (Å²) >= 11 is 0. The van der Waals surface area contributed by atoms with Crippen molar-refractivity contribution in [3.05, 3.63) is 0 Å². The standard InChI is InChI=1S/C26H52N2/c1-2-3-4-5-6-7-8-9-10-11-12-13-14-15-16-17-18-19-20-21-22-23-26(28)24-25-27/h26H,2-24,28H2,1H3. The molecule has 166 valence electrons. The summed E-state index contributed by atoms with van der Waals surface area (Å²) in [5.74, 6) is 0. The van der Waals surface area contributed by atoms with E-state index in [1.54, 1.807) is 0 Å².